The van der Waals surface area contributed by atoms with E-state index in [1.807, 2.05) is 31.2 Å². The first-order chi connectivity index (χ1) is 11.6. The van der Waals surface area contributed by atoms with E-state index >= 15 is 0 Å². The van der Waals surface area contributed by atoms with Crippen molar-refractivity contribution in [3.8, 4) is 0 Å². The molecule has 0 fully saturated rings. The van der Waals surface area contributed by atoms with E-state index in [0.717, 1.165) is 16.6 Å². The summed E-state index contributed by atoms with van der Waals surface area (Å²) in [6.45, 7) is 1.90. The third-order valence-electron chi connectivity index (χ3n) is 3.65. The third-order valence-corrected chi connectivity index (χ3v) is 3.65. The van der Waals surface area contributed by atoms with Crippen molar-refractivity contribution in [3.05, 3.63) is 71.4 Å². The Hall–Kier alpha value is -3.21. The van der Waals surface area contributed by atoms with Crippen LogP contribution in [0.4, 0.5) is 5.69 Å². The number of nitrogens with zero attached hydrogens (tertiary/aromatic N) is 1. The Bertz CT molecular complexity index is 935. The summed E-state index contributed by atoms with van der Waals surface area (Å²) in [5, 5.41) is 3.81. The molecule has 1 aromatic heterocycles. The summed E-state index contributed by atoms with van der Waals surface area (Å²) in [5.74, 6) is -0.788. The maximum Gasteiger partial charge on any atom is 0.337 e. The van der Waals surface area contributed by atoms with Crippen molar-refractivity contribution in [1.82, 2.24) is 4.98 Å². The smallest absolute Gasteiger partial charge is 0.337 e. The average Bonchev–Trinajstić information content (AvgIpc) is 2.61. The molecule has 0 aliphatic heterocycles. The van der Waals surface area contributed by atoms with E-state index < -0.39 is 5.97 Å². The number of para-hydroxylation sites is 1. The molecule has 3 aromatic rings. The number of hydrogen-bond donors (Lipinski definition) is 1. The van der Waals surface area contributed by atoms with Crippen molar-refractivity contribution in [1.29, 1.82) is 0 Å². The summed E-state index contributed by atoms with van der Waals surface area (Å²) in [4.78, 5) is 28.6. The number of aryl methyl sites for hydroxylation is 1. The lowest BCUT2D eigenvalue weighted by atomic mass is 10.1. The van der Waals surface area contributed by atoms with Crippen LogP contribution in [0.3, 0.4) is 0 Å². The van der Waals surface area contributed by atoms with E-state index in [4.69, 9.17) is 0 Å². The predicted molar refractivity (Wildman–Crippen MR) is 92.2 cm³/mol. The van der Waals surface area contributed by atoms with Gasteiger partial charge in [0.05, 0.1) is 23.9 Å². The second-order valence-electron chi connectivity index (χ2n) is 5.36. The molecule has 1 amide bonds. The Morgan fingerprint density at radius 3 is 2.54 bits per heavy atom. The van der Waals surface area contributed by atoms with Gasteiger partial charge in [-0.1, -0.05) is 24.3 Å². The summed E-state index contributed by atoms with van der Waals surface area (Å²) in [7, 11) is 1.30. The van der Waals surface area contributed by atoms with Gasteiger partial charge in [-0.15, -0.1) is 0 Å². The lowest BCUT2D eigenvalue weighted by Gasteiger charge is -2.09. The molecule has 1 heterocycles. The minimum absolute atomic E-state index is 0.309. The van der Waals surface area contributed by atoms with E-state index in [1.54, 1.807) is 24.3 Å². The molecular weight excluding hydrogens is 304 g/mol. The van der Waals surface area contributed by atoms with E-state index in [2.05, 4.69) is 15.0 Å². The fourth-order valence-corrected chi connectivity index (χ4v) is 2.45. The van der Waals surface area contributed by atoms with Gasteiger partial charge in [-0.25, -0.2) is 4.79 Å². The molecule has 0 spiro atoms. The first-order valence-electron chi connectivity index (χ1n) is 7.44. The number of carbonyl (C=O) groups is 2. The van der Waals surface area contributed by atoms with Gasteiger partial charge in [-0.3, -0.25) is 9.78 Å². The summed E-state index contributed by atoms with van der Waals surface area (Å²) in [6.07, 6.45) is 0. The van der Waals surface area contributed by atoms with Gasteiger partial charge in [0, 0.05) is 16.6 Å². The van der Waals surface area contributed by atoms with Gasteiger partial charge in [0.1, 0.15) is 0 Å². The van der Waals surface area contributed by atoms with Crippen molar-refractivity contribution in [2.45, 2.75) is 6.92 Å². The van der Waals surface area contributed by atoms with E-state index in [1.165, 1.54) is 13.2 Å². The van der Waals surface area contributed by atoms with Crippen LogP contribution in [0.25, 0.3) is 10.9 Å². The SMILES string of the molecule is COC(=O)c1cccc(C(=O)Nc2cccc3ccc(C)nc23)c1. The number of rotatable bonds is 3. The molecule has 3 rings (SSSR count). The highest BCUT2D eigenvalue weighted by atomic mass is 16.5. The molecule has 24 heavy (non-hydrogen) atoms. The molecule has 2 aromatic carbocycles. The Morgan fingerprint density at radius 2 is 1.75 bits per heavy atom. The number of benzene rings is 2. The second kappa shape index (κ2) is 6.50. The molecule has 5 nitrogen and oxygen atoms in total. The number of esters is 1. The van der Waals surface area contributed by atoms with Crippen LogP contribution in [-0.4, -0.2) is 24.0 Å². The monoisotopic (exact) mass is 320 g/mol. The van der Waals surface area contributed by atoms with Crippen LogP contribution in [0.2, 0.25) is 0 Å². The number of hydrogen-bond acceptors (Lipinski definition) is 4. The molecule has 0 aliphatic carbocycles. The number of ether oxygens (including phenoxy) is 1. The van der Waals surface area contributed by atoms with Gasteiger partial charge in [-0.05, 0) is 37.3 Å². The quantitative estimate of drug-likeness (QED) is 0.749. The second-order valence-corrected chi connectivity index (χ2v) is 5.36. The van der Waals surface area contributed by atoms with Gasteiger partial charge < -0.3 is 10.1 Å². The molecule has 0 saturated carbocycles. The molecule has 0 unspecified atom stereocenters. The summed E-state index contributed by atoms with van der Waals surface area (Å²) >= 11 is 0. The standard InChI is InChI=1S/C19H16N2O3/c1-12-9-10-13-5-4-8-16(17(13)20-12)21-18(22)14-6-3-7-15(11-14)19(23)24-2/h3-11H,1-2H3,(H,21,22). The number of anilines is 1. The predicted octanol–water partition coefficient (Wildman–Crippen LogP) is 3.58. The van der Waals surface area contributed by atoms with Crippen molar-refractivity contribution in [3.63, 3.8) is 0 Å². The lowest BCUT2D eigenvalue weighted by Crippen LogP contribution is -2.13. The minimum atomic E-state index is -0.480. The van der Waals surface area contributed by atoms with E-state index in [9.17, 15) is 9.59 Å². The number of pyridine rings is 1. The molecule has 0 saturated heterocycles. The zero-order chi connectivity index (χ0) is 17.1. The number of nitrogens with one attached hydrogen (secondary N) is 1. The van der Waals surface area contributed by atoms with Crippen molar-refractivity contribution >= 4 is 28.5 Å². The first-order valence-corrected chi connectivity index (χ1v) is 7.44. The minimum Gasteiger partial charge on any atom is -0.465 e. The number of fused-ring (bicyclic) bond motifs is 1. The average molecular weight is 320 g/mol. The van der Waals surface area contributed by atoms with E-state index in [-0.39, 0.29) is 5.91 Å². The van der Waals surface area contributed by atoms with Crippen molar-refractivity contribution in [2.75, 3.05) is 12.4 Å². The van der Waals surface area contributed by atoms with Crippen LogP contribution >= 0.6 is 0 Å². The number of methoxy groups -OCH3 is 1. The van der Waals surface area contributed by atoms with Crippen LogP contribution in [0.1, 0.15) is 26.4 Å². The third kappa shape index (κ3) is 3.10. The highest BCUT2D eigenvalue weighted by Crippen LogP contribution is 2.22. The fourth-order valence-electron chi connectivity index (χ4n) is 2.45. The van der Waals surface area contributed by atoms with Crippen LogP contribution in [0.5, 0.6) is 0 Å². The van der Waals surface area contributed by atoms with Gasteiger partial charge >= 0.3 is 5.97 Å². The van der Waals surface area contributed by atoms with Crippen LogP contribution in [-0.2, 0) is 4.74 Å². The Kier molecular flexibility index (Phi) is 4.24. The topological polar surface area (TPSA) is 68.3 Å². The van der Waals surface area contributed by atoms with Crippen LogP contribution < -0.4 is 5.32 Å². The van der Waals surface area contributed by atoms with E-state index in [0.29, 0.717) is 16.8 Å². The Balaban J connectivity index is 1.93. The highest BCUT2D eigenvalue weighted by molar-refractivity contribution is 6.09. The first kappa shape index (κ1) is 15.7. The van der Waals surface area contributed by atoms with Crippen LogP contribution in [0.15, 0.2) is 54.6 Å². The molecule has 0 aliphatic rings. The molecule has 5 heteroatoms. The molecular formula is C19H16N2O3. The van der Waals surface area contributed by atoms with Crippen molar-refractivity contribution in [2.24, 2.45) is 0 Å². The molecule has 1 N–H and O–H groups in total. The lowest BCUT2D eigenvalue weighted by molar-refractivity contribution is 0.0600. The van der Waals surface area contributed by atoms with Crippen LogP contribution in [0, 0.1) is 6.92 Å². The Labute approximate surface area is 139 Å². The van der Waals surface area contributed by atoms with Gasteiger partial charge in [0.15, 0.2) is 0 Å². The molecule has 0 bridgehead atoms. The summed E-state index contributed by atoms with van der Waals surface area (Å²) in [5.41, 5.74) is 2.94. The number of aromatic nitrogens is 1. The maximum absolute atomic E-state index is 12.5. The summed E-state index contributed by atoms with van der Waals surface area (Å²) < 4.78 is 4.68. The van der Waals surface area contributed by atoms with Gasteiger partial charge in [-0.2, -0.15) is 0 Å². The molecule has 120 valence electrons. The largest absolute Gasteiger partial charge is 0.465 e. The molecule has 0 radical (unpaired) electrons. The zero-order valence-corrected chi connectivity index (χ0v) is 13.4. The fraction of sp³-hybridized carbons (Fsp3) is 0.105. The Morgan fingerprint density at radius 1 is 1.00 bits per heavy atom. The zero-order valence-electron chi connectivity index (χ0n) is 13.4. The maximum atomic E-state index is 12.5. The van der Waals surface area contributed by atoms with Gasteiger partial charge in [0.2, 0.25) is 0 Å². The number of amides is 1. The normalized spacial score (nSPS) is 10.4. The summed E-state index contributed by atoms with van der Waals surface area (Å²) in [6, 6.07) is 15.9. The number of carbonyl (C=O) groups excluding carboxylic acids is 2. The highest BCUT2D eigenvalue weighted by Gasteiger charge is 2.12. The van der Waals surface area contributed by atoms with Crippen molar-refractivity contribution < 1.29 is 14.3 Å². The van der Waals surface area contributed by atoms with Gasteiger partial charge in [0.25, 0.3) is 5.91 Å². The molecule has 0 atom stereocenters.